The SMILES string of the molecule is CN1CCc2c(c3cc(Cl)ccc3n2Cc2ccccn2)C1. The van der Waals surface area contributed by atoms with E-state index in [-0.39, 0.29) is 0 Å². The molecule has 0 unspecified atom stereocenters. The zero-order chi connectivity index (χ0) is 15.1. The van der Waals surface area contributed by atoms with Gasteiger partial charge in [-0.3, -0.25) is 4.98 Å². The summed E-state index contributed by atoms with van der Waals surface area (Å²) in [5.41, 5.74) is 5.20. The highest BCUT2D eigenvalue weighted by molar-refractivity contribution is 6.31. The monoisotopic (exact) mass is 311 g/mol. The van der Waals surface area contributed by atoms with E-state index in [0.29, 0.717) is 0 Å². The first kappa shape index (κ1) is 13.8. The lowest BCUT2D eigenvalue weighted by molar-refractivity contribution is 0.310. The fraction of sp³-hybridized carbons (Fsp3) is 0.278. The largest absolute Gasteiger partial charge is 0.338 e. The summed E-state index contributed by atoms with van der Waals surface area (Å²) in [5, 5.41) is 2.09. The van der Waals surface area contributed by atoms with Gasteiger partial charge in [-0.15, -0.1) is 0 Å². The second-order valence-corrected chi connectivity index (χ2v) is 6.42. The van der Waals surface area contributed by atoms with Gasteiger partial charge in [0.2, 0.25) is 0 Å². The fourth-order valence-electron chi connectivity index (χ4n) is 3.39. The molecular weight excluding hydrogens is 294 g/mol. The third-order valence-electron chi connectivity index (χ3n) is 4.45. The predicted octanol–water partition coefficient (Wildman–Crippen LogP) is 3.73. The molecule has 0 aliphatic carbocycles. The number of likely N-dealkylation sites (N-methyl/N-ethyl adjacent to an activating group) is 1. The van der Waals surface area contributed by atoms with Crippen LogP contribution in [0.1, 0.15) is 17.0 Å². The van der Waals surface area contributed by atoms with Crippen LogP contribution in [0, 0.1) is 0 Å². The van der Waals surface area contributed by atoms with Crippen molar-refractivity contribution >= 4 is 22.5 Å². The van der Waals surface area contributed by atoms with Gasteiger partial charge in [-0.1, -0.05) is 17.7 Å². The van der Waals surface area contributed by atoms with Crippen LogP contribution in [0.25, 0.3) is 10.9 Å². The summed E-state index contributed by atoms with van der Waals surface area (Å²) in [6.07, 6.45) is 2.93. The zero-order valence-electron chi connectivity index (χ0n) is 12.6. The smallest absolute Gasteiger partial charge is 0.0651 e. The molecule has 4 rings (SSSR count). The first-order valence-electron chi connectivity index (χ1n) is 7.60. The second kappa shape index (κ2) is 5.41. The Morgan fingerprint density at radius 2 is 2.14 bits per heavy atom. The summed E-state index contributed by atoms with van der Waals surface area (Å²) in [7, 11) is 2.18. The summed E-state index contributed by atoms with van der Waals surface area (Å²) in [6, 6.07) is 12.3. The van der Waals surface area contributed by atoms with Crippen LogP contribution in [0.4, 0.5) is 0 Å². The first-order chi connectivity index (χ1) is 10.7. The molecule has 22 heavy (non-hydrogen) atoms. The Kier molecular flexibility index (Phi) is 3.40. The molecule has 4 heteroatoms. The van der Waals surface area contributed by atoms with Gasteiger partial charge in [-0.05, 0) is 42.9 Å². The molecule has 2 aromatic heterocycles. The number of hydrogen-bond donors (Lipinski definition) is 0. The molecule has 3 heterocycles. The number of aromatic nitrogens is 2. The molecule has 1 aromatic carbocycles. The van der Waals surface area contributed by atoms with E-state index in [2.05, 4.69) is 39.7 Å². The van der Waals surface area contributed by atoms with Crippen LogP contribution in [0.3, 0.4) is 0 Å². The van der Waals surface area contributed by atoms with Crippen molar-refractivity contribution in [1.82, 2.24) is 14.5 Å². The Balaban J connectivity index is 1.90. The van der Waals surface area contributed by atoms with Crippen LogP contribution >= 0.6 is 11.6 Å². The molecule has 1 aliphatic heterocycles. The van der Waals surface area contributed by atoms with Gasteiger partial charge in [0.05, 0.1) is 12.2 Å². The highest BCUT2D eigenvalue weighted by Crippen LogP contribution is 2.32. The lowest BCUT2D eigenvalue weighted by Gasteiger charge is -2.24. The van der Waals surface area contributed by atoms with E-state index in [1.165, 1.54) is 22.2 Å². The molecule has 0 fully saturated rings. The second-order valence-electron chi connectivity index (χ2n) is 5.98. The third kappa shape index (κ3) is 2.31. The molecule has 3 nitrogen and oxygen atoms in total. The Labute approximate surface area is 135 Å². The van der Waals surface area contributed by atoms with Crippen molar-refractivity contribution in [2.75, 3.05) is 13.6 Å². The highest BCUT2D eigenvalue weighted by Gasteiger charge is 2.22. The Morgan fingerprint density at radius 1 is 1.23 bits per heavy atom. The number of fused-ring (bicyclic) bond motifs is 3. The van der Waals surface area contributed by atoms with E-state index in [9.17, 15) is 0 Å². The van der Waals surface area contributed by atoms with Gasteiger partial charge in [0.1, 0.15) is 0 Å². The minimum absolute atomic E-state index is 0.804. The van der Waals surface area contributed by atoms with Crippen molar-refractivity contribution < 1.29 is 0 Å². The molecular formula is C18H18ClN3. The van der Waals surface area contributed by atoms with Gasteiger partial charge in [-0.25, -0.2) is 0 Å². The predicted molar refractivity (Wildman–Crippen MR) is 90.3 cm³/mol. The first-order valence-corrected chi connectivity index (χ1v) is 7.98. The lowest BCUT2D eigenvalue weighted by atomic mass is 10.1. The van der Waals surface area contributed by atoms with Crippen molar-refractivity contribution in [2.45, 2.75) is 19.5 Å². The molecule has 0 saturated carbocycles. The molecule has 112 valence electrons. The van der Waals surface area contributed by atoms with Gasteiger partial charge in [-0.2, -0.15) is 0 Å². The van der Waals surface area contributed by atoms with Gasteiger partial charge >= 0.3 is 0 Å². The van der Waals surface area contributed by atoms with E-state index in [1.54, 1.807) is 0 Å². The van der Waals surface area contributed by atoms with Crippen molar-refractivity contribution in [3.05, 3.63) is 64.6 Å². The van der Waals surface area contributed by atoms with E-state index in [4.69, 9.17) is 11.6 Å². The van der Waals surface area contributed by atoms with E-state index < -0.39 is 0 Å². The average molecular weight is 312 g/mol. The van der Waals surface area contributed by atoms with Gasteiger partial charge < -0.3 is 9.47 Å². The standard InChI is InChI=1S/C18H18ClN3/c1-21-9-7-18-16(12-21)15-10-13(19)5-6-17(15)22(18)11-14-4-2-3-8-20-14/h2-6,8,10H,7,9,11-12H2,1H3. The van der Waals surface area contributed by atoms with E-state index in [0.717, 1.165) is 36.8 Å². The number of nitrogens with zero attached hydrogens (tertiary/aromatic N) is 3. The normalized spacial score (nSPS) is 15.2. The van der Waals surface area contributed by atoms with Crippen LogP contribution in [0.5, 0.6) is 0 Å². The number of pyridine rings is 1. The molecule has 0 atom stereocenters. The minimum atomic E-state index is 0.804. The summed E-state index contributed by atoms with van der Waals surface area (Å²) >= 11 is 6.23. The molecule has 1 aliphatic rings. The topological polar surface area (TPSA) is 21.1 Å². The van der Waals surface area contributed by atoms with Gasteiger partial charge in [0, 0.05) is 47.3 Å². The number of halogens is 1. The average Bonchev–Trinajstić information content (AvgIpc) is 2.81. The molecule has 0 N–H and O–H groups in total. The minimum Gasteiger partial charge on any atom is -0.338 e. The van der Waals surface area contributed by atoms with Gasteiger partial charge in [0.25, 0.3) is 0 Å². The number of hydrogen-bond acceptors (Lipinski definition) is 2. The van der Waals surface area contributed by atoms with E-state index >= 15 is 0 Å². The van der Waals surface area contributed by atoms with Crippen molar-refractivity contribution in [2.24, 2.45) is 0 Å². The lowest BCUT2D eigenvalue weighted by Crippen LogP contribution is -2.27. The summed E-state index contributed by atoms with van der Waals surface area (Å²) in [4.78, 5) is 6.85. The third-order valence-corrected chi connectivity index (χ3v) is 4.69. The van der Waals surface area contributed by atoms with Crippen LogP contribution < -0.4 is 0 Å². The molecule has 3 aromatic rings. The molecule has 0 amide bonds. The Hall–Kier alpha value is -1.84. The van der Waals surface area contributed by atoms with Gasteiger partial charge in [0.15, 0.2) is 0 Å². The van der Waals surface area contributed by atoms with Crippen LogP contribution in [0.2, 0.25) is 5.02 Å². The number of rotatable bonds is 2. The maximum atomic E-state index is 6.23. The fourth-order valence-corrected chi connectivity index (χ4v) is 3.56. The van der Waals surface area contributed by atoms with Crippen LogP contribution in [-0.4, -0.2) is 28.0 Å². The Morgan fingerprint density at radius 3 is 2.95 bits per heavy atom. The van der Waals surface area contributed by atoms with Crippen molar-refractivity contribution in [1.29, 1.82) is 0 Å². The zero-order valence-corrected chi connectivity index (χ0v) is 13.3. The van der Waals surface area contributed by atoms with Crippen LogP contribution in [-0.2, 0) is 19.5 Å². The Bertz CT molecular complexity index is 823. The van der Waals surface area contributed by atoms with Crippen molar-refractivity contribution in [3.8, 4) is 0 Å². The van der Waals surface area contributed by atoms with E-state index in [1.807, 2.05) is 24.4 Å². The highest BCUT2D eigenvalue weighted by atomic mass is 35.5. The summed E-state index contributed by atoms with van der Waals surface area (Å²) in [5.74, 6) is 0. The molecule has 0 bridgehead atoms. The van der Waals surface area contributed by atoms with Crippen molar-refractivity contribution in [3.63, 3.8) is 0 Å². The quantitative estimate of drug-likeness (QED) is 0.719. The number of benzene rings is 1. The molecule has 0 radical (unpaired) electrons. The maximum Gasteiger partial charge on any atom is 0.0651 e. The maximum absolute atomic E-state index is 6.23. The summed E-state index contributed by atoms with van der Waals surface area (Å²) in [6.45, 7) is 2.90. The van der Waals surface area contributed by atoms with Crippen LogP contribution in [0.15, 0.2) is 42.6 Å². The summed E-state index contributed by atoms with van der Waals surface area (Å²) < 4.78 is 2.41. The molecule has 0 saturated heterocycles. The molecule has 0 spiro atoms.